The van der Waals surface area contributed by atoms with Crippen LogP contribution in [0.2, 0.25) is 0 Å². The number of amides is 2. The number of likely N-dealkylation sites (N-methyl/N-ethyl adjacent to an activating group) is 1. The van der Waals surface area contributed by atoms with Gasteiger partial charge in [-0.25, -0.2) is 0 Å². The summed E-state index contributed by atoms with van der Waals surface area (Å²) < 4.78 is 0. The van der Waals surface area contributed by atoms with Crippen molar-refractivity contribution in [2.75, 3.05) is 25.5 Å². The number of fused-ring (bicyclic) bond motifs is 1. The van der Waals surface area contributed by atoms with Gasteiger partial charge in [0, 0.05) is 39.7 Å². The molecule has 102 valence electrons. The Kier molecular flexibility index (Phi) is 3.88. The van der Waals surface area contributed by atoms with E-state index in [1.165, 1.54) is 11.1 Å². The van der Waals surface area contributed by atoms with Crippen LogP contribution in [0.3, 0.4) is 0 Å². The standard InChI is InChI=1S/C15H20N2O2/c1-11(18)16(2)9-8-12-4-6-14-13(10-12)5-7-15(19)17(14)3/h4,6,10H,5,7-9H2,1-3H3. The molecule has 1 aliphatic heterocycles. The van der Waals surface area contributed by atoms with Gasteiger partial charge in [-0.15, -0.1) is 0 Å². The molecule has 0 N–H and O–H groups in total. The van der Waals surface area contributed by atoms with E-state index >= 15 is 0 Å². The number of rotatable bonds is 3. The summed E-state index contributed by atoms with van der Waals surface area (Å²) in [5.74, 6) is 0.264. The van der Waals surface area contributed by atoms with Gasteiger partial charge >= 0.3 is 0 Å². The average molecular weight is 260 g/mol. The molecule has 1 aliphatic rings. The van der Waals surface area contributed by atoms with Gasteiger partial charge in [0.15, 0.2) is 0 Å². The van der Waals surface area contributed by atoms with Crippen LogP contribution in [0.1, 0.15) is 24.5 Å². The SMILES string of the molecule is CC(=O)N(C)CCc1ccc2c(c1)CCC(=O)N2C. The highest BCUT2D eigenvalue weighted by Gasteiger charge is 2.20. The first-order valence-corrected chi connectivity index (χ1v) is 6.59. The second-order valence-corrected chi connectivity index (χ2v) is 5.11. The summed E-state index contributed by atoms with van der Waals surface area (Å²) >= 11 is 0. The van der Waals surface area contributed by atoms with Gasteiger partial charge < -0.3 is 9.80 Å². The molecule has 0 radical (unpaired) electrons. The summed E-state index contributed by atoms with van der Waals surface area (Å²) in [6.45, 7) is 2.30. The maximum absolute atomic E-state index is 11.6. The van der Waals surface area contributed by atoms with Crippen LogP contribution >= 0.6 is 0 Å². The zero-order valence-corrected chi connectivity index (χ0v) is 11.8. The summed E-state index contributed by atoms with van der Waals surface area (Å²) in [7, 11) is 3.64. The first-order valence-electron chi connectivity index (χ1n) is 6.59. The molecule has 1 aromatic rings. The minimum atomic E-state index is 0.0864. The third-order valence-corrected chi connectivity index (χ3v) is 3.76. The highest BCUT2D eigenvalue weighted by molar-refractivity contribution is 5.95. The molecule has 1 aromatic carbocycles. The van der Waals surface area contributed by atoms with Crippen molar-refractivity contribution in [1.29, 1.82) is 0 Å². The van der Waals surface area contributed by atoms with E-state index in [1.807, 2.05) is 26.2 Å². The quantitative estimate of drug-likeness (QED) is 0.828. The predicted octanol–water partition coefficient (Wildman–Crippen LogP) is 1.62. The smallest absolute Gasteiger partial charge is 0.227 e. The number of carbonyl (C=O) groups excluding carboxylic acids is 2. The van der Waals surface area contributed by atoms with E-state index in [0.29, 0.717) is 6.42 Å². The van der Waals surface area contributed by atoms with E-state index in [9.17, 15) is 9.59 Å². The van der Waals surface area contributed by atoms with Crippen molar-refractivity contribution in [2.24, 2.45) is 0 Å². The zero-order chi connectivity index (χ0) is 14.0. The van der Waals surface area contributed by atoms with Crippen LogP contribution in [0.25, 0.3) is 0 Å². The van der Waals surface area contributed by atoms with E-state index in [0.717, 1.165) is 25.1 Å². The summed E-state index contributed by atoms with van der Waals surface area (Å²) in [5.41, 5.74) is 3.46. The number of hydrogen-bond donors (Lipinski definition) is 0. The Labute approximate surface area is 114 Å². The molecule has 2 amide bonds. The lowest BCUT2D eigenvalue weighted by Gasteiger charge is -2.26. The van der Waals surface area contributed by atoms with Gasteiger partial charge in [0.05, 0.1) is 0 Å². The summed E-state index contributed by atoms with van der Waals surface area (Å²) in [4.78, 5) is 26.2. The van der Waals surface area contributed by atoms with Gasteiger partial charge in [0.25, 0.3) is 0 Å². The van der Waals surface area contributed by atoms with Crippen molar-refractivity contribution >= 4 is 17.5 Å². The molecule has 0 aromatic heterocycles. The minimum Gasteiger partial charge on any atom is -0.346 e. The Morgan fingerprint density at radius 1 is 1.37 bits per heavy atom. The summed E-state index contributed by atoms with van der Waals surface area (Å²) in [6, 6.07) is 6.21. The third-order valence-electron chi connectivity index (χ3n) is 3.76. The molecule has 0 unspecified atom stereocenters. The number of anilines is 1. The molecule has 19 heavy (non-hydrogen) atoms. The monoisotopic (exact) mass is 260 g/mol. The Balaban J connectivity index is 2.09. The summed E-state index contributed by atoms with van der Waals surface area (Å²) in [5, 5.41) is 0. The molecule has 0 spiro atoms. The van der Waals surface area contributed by atoms with E-state index in [2.05, 4.69) is 6.07 Å². The highest BCUT2D eigenvalue weighted by Crippen LogP contribution is 2.27. The Morgan fingerprint density at radius 2 is 2.11 bits per heavy atom. The lowest BCUT2D eigenvalue weighted by molar-refractivity contribution is -0.127. The molecule has 4 heteroatoms. The van der Waals surface area contributed by atoms with E-state index < -0.39 is 0 Å². The van der Waals surface area contributed by atoms with Gasteiger partial charge in [0.2, 0.25) is 11.8 Å². The second-order valence-electron chi connectivity index (χ2n) is 5.11. The zero-order valence-electron chi connectivity index (χ0n) is 11.8. The first-order chi connectivity index (χ1) is 8.99. The van der Waals surface area contributed by atoms with Crippen LogP contribution < -0.4 is 4.90 Å². The van der Waals surface area contributed by atoms with Crippen molar-refractivity contribution in [3.05, 3.63) is 29.3 Å². The largest absolute Gasteiger partial charge is 0.346 e. The Hall–Kier alpha value is -1.84. The van der Waals surface area contributed by atoms with Gasteiger partial charge in [-0.1, -0.05) is 12.1 Å². The fourth-order valence-corrected chi connectivity index (χ4v) is 2.32. The molecule has 2 rings (SSSR count). The van der Waals surface area contributed by atoms with Crippen molar-refractivity contribution in [3.63, 3.8) is 0 Å². The fourth-order valence-electron chi connectivity index (χ4n) is 2.32. The lowest BCUT2D eigenvalue weighted by Crippen LogP contribution is -2.31. The normalized spacial score (nSPS) is 14.3. The molecule has 0 fully saturated rings. The molecule has 1 heterocycles. The third kappa shape index (κ3) is 2.95. The van der Waals surface area contributed by atoms with Crippen molar-refractivity contribution in [2.45, 2.75) is 26.2 Å². The van der Waals surface area contributed by atoms with Crippen molar-refractivity contribution < 1.29 is 9.59 Å². The number of aryl methyl sites for hydroxylation is 1. The first kappa shape index (κ1) is 13.6. The van der Waals surface area contributed by atoms with Gasteiger partial charge in [-0.05, 0) is 30.0 Å². The molecule has 0 aliphatic carbocycles. The van der Waals surface area contributed by atoms with Crippen LogP contribution in [-0.4, -0.2) is 37.4 Å². The second kappa shape index (κ2) is 5.43. The predicted molar refractivity (Wildman–Crippen MR) is 75.2 cm³/mol. The molecular weight excluding hydrogens is 240 g/mol. The molecule has 0 saturated carbocycles. The highest BCUT2D eigenvalue weighted by atomic mass is 16.2. The maximum Gasteiger partial charge on any atom is 0.227 e. The summed E-state index contributed by atoms with van der Waals surface area (Å²) in [6.07, 6.45) is 2.25. The minimum absolute atomic E-state index is 0.0864. The topological polar surface area (TPSA) is 40.6 Å². The van der Waals surface area contributed by atoms with Crippen LogP contribution in [0.4, 0.5) is 5.69 Å². The van der Waals surface area contributed by atoms with E-state index in [-0.39, 0.29) is 11.8 Å². The Bertz CT molecular complexity index is 511. The van der Waals surface area contributed by atoms with Gasteiger partial charge in [0.1, 0.15) is 0 Å². The van der Waals surface area contributed by atoms with Crippen molar-refractivity contribution in [3.8, 4) is 0 Å². The van der Waals surface area contributed by atoms with E-state index in [1.54, 1.807) is 16.7 Å². The number of carbonyl (C=O) groups is 2. The average Bonchev–Trinajstić information content (AvgIpc) is 2.40. The van der Waals surface area contributed by atoms with Gasteiger partial charge in [-0.3, -0.25) is 9.59 Å². The van der Waals surface area contributed by atoms with Crippen LogP contribution in [0.5, 0.6) is 0 Å². The van der Waals surface area contributed by atoms with Crippen LogP contribution in [0.15, 0.2) is 18.2 Å². The Morgan fingerprint density at radius 3 is 2.79 bits per heavy atom. The van der Waals surface area contributed by atoms with Crippen LogP contribution in [-0.2, 0) is 22.4 Å². The van der Waals surface area contributed by atoms with E-state index in [4.69, 9.17) is 0 Å². The molecular formula is C15H20N2O2. The molecule has 0 atom stereocenters. The maximum atomic E-state index is 11.6. The van der Waals surface area contributed by atoms with Gasteiger partial charge in [-0.2, -0.15) is 0 Å². The van der Waals surface area contributed by atoms with Crippen LogP contribution in [0, 0.1) is 0 Å². The molecule has 0 bridgehead atoms. The molecule has 0 saturated heterocycles. The number of nitrogens with zero attached hydrogens (tertiary/aromatic N) is 2. The van der Waals surface area contributed by atoms with Crippen molar-refractivity contribution in [1.82, 2.24) is 4.90 Å². The molecule has 4 nitrogen and oxygen atoms in total. The fraction of sp³-hybridized carbons (Fsp3) is 0.467. The number of hydrogen-bond acceptors (Lipinski definition) is 2. The number of benzene rings is 1. The lowest BCUT2D eigenvalue weighted by atomic mass is 9.98.